The summed E-state index contributed by atoms with van der Waals surface area (Å²) in [6.45, 7) is 0. The zero-order valence-electron chi connectivity index (χ0n) is 5.85. The van der Waals surface area contributed by atoms with Crippen LogP contribution in [0.3, 0.4) is 0 Å². The van der Waals surface area contributed by atoms with Crippen LogP contribution in [0.25, 0.3) is 0 Å². The zero-order valence-corrected chi connectivity index (χ0v) is 7.00. The molecular weight excluding hydrogens is 162 g/mol. The molecule has 48 valence electrons. The Hall–Kier alpha value is 1.90. The Bertz CT molecular complexity index is 17.7. The van der Waals surface area contributed by atoms with Crippen molar-refractivity contribution in [2.75, 3.05) is 0 Å². The fourth-order valence-electron chi connectivity index (χ4n) is 0. The van der Waals surface area contributed by atoms with Crippen LogP contribution in [0.4, 0.5) is 10.6 Å². The molecule has 0 aliphatic rings. The first kappa shape index (κ1) is 58.8. The quantitative estimate of drug-likeness (QED) is 0.245. The van der Waals surface area contributed by atoms with Gasteiger partial charge in [-0.1, -0.05) is 0 Å². The molecule has 10 heavy (non-hydrogen) atoms. The van der Waals surface area contributed by atoms with Gasteiger partial charge >= 0.3 is 72.1 Å². The van der Waals surface area contributed by atoms with Gasteiger partial charge in [-0.25, -0.2) is 0 Å². The summed E-state index contributed by atoms with van der Waals surface area (Å²) in [4.78, 5) is 0. The van der Waals surface area contributed by atoms with Gasteiger partial charge in [0, 0.05) is 0 Å². The van der Waals surface area contributed by atoms with E-state index in [9.17, 15) is 10.6 Å². The molecule has 0 aliphatic heterocycles. The first-order valence-corrected chi connectivity index (χ1v) is 1.96. The van der Waals surface area contributed by atoms with Gasteiger partial charge in [-0.3, -0.25) is 0 Å². The zero-order chi connectivity index (χ0) is 3.58. The molecule has 0 amide bonds. The molecule has 0 saturated heterocycles. The van der Waals surface area contributed by atoms with Crippen LogP contribution in [0.2, 0.25) is 0 Å². The number of hydrogen-bond donors (Lipinski definition) is 0. The van der Waals surface area contributed by atoms with Crippen molar-refractivity contribution in [2.24, 2.45) is 0 Å². The third-order valence-electron chi connectivity index (χ3n) is 0. The van der Waals surface area contributed by atoms with Gasteiger partial charge in [0.1, 0.15) is 0 Å². The van der Waals surface area contributed by atoms with Crippen molar-refractivity contribution in [2.45, 2.75) is 0 Å². The first-order valence-electron chi connectivity index (χ1n) is 0.655. The van der Waals surface area contributed by atoms with Crippen molar-refractivity contribution in [1.82, 2.24) is 0 Å². The van der Waals surface area contributed by atoms with E-state index in [4.69, 9.17) is 0 Å². The summed E-state index contributed by atoms with van der Waals surface area (Å²) in [5.41, 5.74) is 0. The average molecular weight is 162 g/mol. The summed E-state index contributed by atoms with van der Waals surface area (Å²) in [5.74, 6) is 0. The van der Waals surface area contributed by atoms with Gasteiger partial charge in [0.2, 0.25) is 0 Å². The molecule has 0 aromatic rings. The van der Waals surface area contributed by atoms with E-state index < -0.39 is 15.5 Å². The largest absolute Gasteiger partial charge is 1.04 e. The molecule has 0 fully saturated rings. The summed E-state index contributed by atoms with van der Waals surface area (Å²) >= 11 is -4.64. The summed E-state index contributed by atoms with van der Waals surface area (Å²) in [6.07, 6.45) is 0. The van der Waals surface area contributed by atoms with Gasteiger partial charge in [0.25, 0.3) is 0 Å². The minimum absolute atomic E-state index is 0. The van der Waals surface area contributed by atoms with Gasteiger partial charge in [0.05, 0.1) is 0 Å². The van der Waals surface area contributed by atoms with Crippen molar-refractivity contribution in [3.63, 3.8) is 0 Å². The van der Waals surface area contributed by atoms with Gasteiger partial charge in [-0.2, -0.15) is 0 Å². The standard InChI is InChI=1S/Al.6FH.3Li/h;6*1H;;;/q+3;;;;;;;3*+1/p-6. The van der Waals surface area contributed by atoms with Crippen LogP contribution in [0.15, 0.2) is 0 Å². The summed E-state index contributed by atoms with van der Waals surface area (Å²) in [5, 5.41) is 0. The Morgan fingerprint density at radius 3 is 0.600 bits per heavy atom. The van der Waals surface area contributed by atoms with Crippen molar-refractivity contribution in [1.29, 1.82) is 0 Å². The third-order valence-corrected chi connectivity index (χ3v) is 0. The van der Waals surface area contributed by atoms with Gasteiger partial charge < -0.3 is 24.7 Å². The Kier molecular flexibility index (Phi) is 262. The van der Waals surface area contributed by atoms with Crippen molar-refractivity contribution in [3.8, 4) is 0 Å². The topological polar surface area (TPSA) is 0 Å². The van der Waals surface area contributed by atoms with Crippen molar-refractivity contribution >= 4 is 15.5 Å². The maximum Gasteiger partial charge on any atom is 1.04 e. The van der Waals surface area contributed by atoms with E-state index in [1.54, 1.807) is 0 Å². The van der Waals surface area contributed by atoms with Gasteiger partial charge in [0.15, 0.2) is 0 Å². The molecule has 0 saturated carbocycles. The van der Waals surface area contributed by atoms with E-state index >= 15 is 0 Å². The van der Waals surface area contributed by atoms with Crippen LogP contribution in [-0.4, -0.2) is 15.5 Å². The molecule has 0 rings (SSSR count). The molecule has 0 bridgehead atoms. The van der Waals surface area contributed by atoms with E-state index in [0.29, 0.717) is 0 Å². The number of halogens is 6. The molecule has 0 aliphatic carbocycles. The second kappa shape index (κ2) is 44.5. The van der Waals surface area contributed by atoms with E-state index in [0.717, 1.165) is 0 Å². The van der Waals surface area contributed by atoms with Crippen molar-refractivity contribution < 1.29 is 81.3 Å². The van der Waals surface area contributed by atoms with E-state index in [2.05, 4.69) is 0 Å². The summed E-state index contributed by atoms with van der Waals surface area (Å²) in [6, 6.07) is 0. The molecular formula is AlF6Li3. The Morgan fingerprint density at radius 1 is 0.600 bits per heavy atom. The van der Waals surface area contributed by atoms with Crippen LogP contribution in [-0.2, 0) is 0 Å². The molecule has 0 atom stereocenters. The van der Waals surface area contributed by atoms with Gasteiger partial charge in [-0.15, -0.1) is 0 Å². The molecule has 0 radical (unpaired) electrons. The first-order chi connectivity index (χ1) is 1.73. The maximum atomic E-state index is 9.81. The normalized spacial score (nSPS) is 2.70. The summed E-state index contributed by atoms with van der Waals surface area (Å²) < 4.78 is 29.4. The molecule has 0 spiro atoms. The number of hydrogen-bond acceptors (Lipinski definition) is 0. The minimum Gasteiger partial charge on any atom is -1.00 e. The minimum atomic E-state index is -4.64. The molecule has 0 N–H and O–H groups in total. The van der Waals surface area contributed by atoms with E-state index in [-0.39, 0.29) is 70.7 Å². The molecule has 0 unspecified atom stereocenters. The van der Waals surface area contributed by atoms with Crippen LogP contribution in [0.1, 0.15) is 0 Å². The van der Waals surface area contributed by atoms with Crippen LogP contribution in [0.5, 0.6) is 0 Å². The predicted octanol–water partition coefficient (Wildman–Crippen LogP) is -17.1. The second-order valence-electron chi connectivity index (χ2n) is 0.247. The maximum absolute atomic E-state index is 9.81. The van der Waals surface area contributed by atoms with E-state index in [1.807, 2.05) is 0 Å². The van der Waals surface area contributed by atoms with Crippen LogP contribution in [0, 0.1) is 0 Å². The fourth-order valence-corrected chi connectivity index (χ4v) is 0. The Morgan fingerprint density at radius 2 is 0.600 bits per heavy atom. The van der Waals surface area contributed by atoms with Gasteiger partial charge in [-0.05, 0) is 0 Å². The van der Waals surface area contributed by atoms with Crippen molar-refractivity contribution in [3.05, 3.63) is 0 Å². The van der Waals surface area contributed by atoms with E-state index in [1.165, 1.54) is 0 Å². The molecule has 0 nitrogen and oxygen atoms in total. The predicted molar refractivity (Wildman–Crippen MR) is 9.08 cm³/mol. The SMILES string of the molecule is [F-].[F-].[F-].[F][Al]([F])[F].[Li+].[Li+].[Li+]. The molecule has 0 aromatic carbocycles. The molecule has 0 heterocycles. The fraction of sp³-hybridized carbons (Fsp3) is 0. The second-order valence-corrected chi connectivity index (χ2v) is 0.742. The average Bonchev–Trinajstić information content (AvgIpc) is 0.811. The third kappa shape index (κ3) is 216. The number of rotatable bonds is 0. The Labute approximate surface area is 96.1 Å². The smallest absolute Gasteiger partial charge is 1.00 e. The molecule has 0 aromatic heterocycles. The Balaban J connectivity index is -0.00000000300. The van der Waals surface area contributed by atoms with Crippen LogP contribution >= 0.6 is 0 Å². The van der Waals surface area contributed by atoms with Crippen LogP contribution < -0.4 is 70.7 Å². The summed E-state index contributed by atoms with van der Waals surface area (Å²) in [7, 11) is 0. The molecule has 10 heteroatoms. The monoisotopic (exact) mass is 162 g/mol.